The average molecular weight is 155 g/mol. The molecule has 0 atom stereocenters. The number of aromatic nitrogens is 2. The SMILES string of the molecule is O=C1NCCc2c(F)ncn21. The zero-order valence-corrected chi connectivity index (χ0v) is 5.67. The van der Waals surface area contributed by atoms with Gasteiger partial charge in [0.1, 0.15) is 6.33 Å². The lowest BCUT2D eigenvalue weighted by atomic mass is 10.3. The van der Waals surface area contributed by atoms with Gasteiger partial charge in [-0.3, -0.25) is 4.57 Å². The number of nitrogens with one attached hydrogen (secondary N) is 1. The molecular weight excluding hydrogens is 149 g/mol. The minimum Gasteiger partial charge on any atom is -0.337 e. The number of amides is 1. The number of carbonyl (C=O) groups is 1. The van der Waals surface area contributed by atoms with Gasteiger partial charge in [-0.1, -0.05) is 0 Å². The Labute approximate surface area is 62.0 Å². The Morgan fingerprint density at radius 1 is 1.73 bits per heavy atom. The van der Waals surface area contributed by atoms with Crippen molar-refractivity contribution in [1.82, 2.24) is 14.9 Å². The summed E-state index contributed by atoms with van der Waals surface area (Å²) in [6, 6.07) is -0.303. The zero-order chi connectivity index (χ0) is 7.84. The Kier molecular flexibility index (Phi) is 1.18. The summed E-state index contributed by atoms with van der Waals surface area (Å²) in [5.74, 6) is -0.542. The van der Waals surface area contributed by atoms with Gasteiger partial charge in [0, 0.05) is 13.0 Å². The van der Waals surface area contributed by atoms with Gasteiger partial charge in [-0.25, -0.2) is 9.78 Å². The van der Waals surface area contributed by atoms with Crippen LogP contribution in [0.4, 0.5) is 9.18 Å². The first kappa shape index (κ1) is 6.33. The van der Waals surface area contributed by atoms with Crippen LogP contribution < -0.4 is 5.32 Å². The van der Waals surface area contributed by atoms with Crippen molar-refractivity contribution in [3.05, 3.63) is 18.0 Å². The first-order chi connectivity index (χ1) is 5.29. The van der Waals surface area contributed by atoms with Gasteiger partial charge in [-0.05, 0) is 0 Å². The van der Waals surface area contributed by atoms with Gasteiger partial charge in [0.25, 0.3) is 0 Å². The van der Waals surface area contributed by atoms with E-state index in [0.29, 0.717) is 18.7 Å². The highest BCUT2D eigenvalue weighted by atomic mass is 19.1. The predicted molar refractivity (Wildman–Crippen MR) is 34.7 cm³/mol. The molecule has 5 heteroatoms. The van der Waals surface area contributed by atoms with Gasteiger partial charge >= 0.3 is 6.03 Å². The van der Waals surface area contributed by atoms with E-state index >= 15 is 0 Å². The molecule has 58 valence electrons. The van der Waals surface area contributed by atoms with E-state index in [-0.39, 0.29) is 6.03 Å². The van der Waals surface area contributed by atoms with E-state index < -0.39 is 5.95 Å². The minimum atomic E-state index is -0.542. The largest absolute Gasteiger partial charge is 0.337 e. The molecule has 11 heavy (non-hydrogen) atoms. The third kappa shape index (κ3) is 0.806. The number of rotatable bonds is 0. The molecule has 0 aromatic carbocycles. The molecule has 0 fully saturated rings. The topological polar surface area (TPSA) is 46.9 Å². The fourth-order valence-electron chi connectivity index (χ4n) is 1.12. The summed E-state index contributed by atoms with van der Waals surface area (Å²) >= 11 is 0. The molecule has 1 aliphatic rings. The van der Waals surface area contributed by atoms with E-state index in [4.69, 9.17) is 0 Å². The normalized spacial score (nSPS) is 15.9. The quantitative estimate of drug-likeness (QED) is 0.579. The molecule has 0 aliphatic carbocycles. The van der Waals surface area contributed by atoms with Crippen LogP contribution in [0.15, 0.2) is 6.33 Å². The summed E-state index contributed by atoms with van der Waals surface area (Å²) < 4.78 is 13.9. The van der Waals surface area contributed by atoms with Gasteiger partial charge in [-0.15, -0.1) is 0 Å². The Hall–Kier alpha value is -1.39. The molecule has 0 saturated heterocycles. The lowest BCUT2D eigenvalue weighted by Crippen LogP contribution is -2.36. The first-order valence-corrected chi connectivity index (χ1v) is 3.29. The van der Waals surface area contributed by atoms with Crippen LogP contribution in [0.1, 0.15) is 5.69 Å². The molecule has 0 radical (unpaired) electrons. The van der Waals surface area contributed by atoms with Gasteiger partial charge in [0.2, 0.25) is 5.95 Å². The van der Waals surface area contributed by atoms with E-state index in [1.807, 2.05) is 0 Å². The molecule has 0 bridgehead atoms. The molecule has 2 rings (SSSR count). The van der Waals surface area contributed by atoms with Crippen LogP contribution in [0.2, 0.25) is 0 Å². The van der Waals surface area contributed by atoms with Gasteiger partial charge < -0.3 is 5.32 Å². The van der Waals surface area contributed by atoms with E-state index in [1.54, 1.807) is 0 Å². The van der Waals surface area contributed by atoms with Crippen molar-refractivity contribution in [3.63, 3.8) is 0 Å². The van der Waals surface area contributed by atoms with E-state index in [9.17, 15) is 9.18 Å². The van der Waals surface area contributed by atoms with Crippen molar-refractivity contribution in [2.75, 3.05) is 6.54 Å². The number of hydrogen-bond acceptors (Lipinski definition) is 2. The summed E-state index contributed by atoms with van der Waals surface area (Å²) in [6.45, 7) is 0.488. The average Bonchev–Trinajstić information content (AvgIpc) is 2.35. The Morgan fingerprint density at radius 3 is 3.27 bits per heavy atom. The fourth-order valence-corrected chi connectivity index (χ4v) is 1.12. The third-order valence-electron chi connectivity index (χ3n) is 1.67. The first-order valence-electron chi connectivity index (χ1n) is 3.29. The predicted octanol–water partition coefficient (Wildman–Crippen LogP) is 0.136. The smallest absolute Gasteiger partial charge is 0.327 e. The number of hydrogen-bond donors (Lipinski definition) is 1. The fraction of sp³-hybridized carbons (Fsp3) is 0.333. The summed E-state index contributed by atoms with van der Waals surface area (Å²) in [7, 11) is 0. The van der Waals surface area contributed by atoms with Crippen molar-refractivity contribution in [3.8, 4) is 0 Å². The maximum Gasteiger partial charge on any atom is 0.327 e. The van der Waals surface area contributed by atoms with Gasteiger partial charge in [-0.2, -0.15) is 4.39 Å². The molecule has 1 amide bonds. The van der Waals surface area contributed by atoms with Crippen molar-refractivity contribution in [1.29, 1.82) is 0 Å². The lowest BCUT2D eigenvalue weighted by Gasteiger charge is -2.13. The molecular formula is C6H6FN3O. The molecule has 1 aromatic heterocycles. The Balaban J connectivity index is 2.55. The van der Waals surface area contributed by atoms with E-state index in [1.165, 1.54) is 10.9 Å². The molecule has 2 heterocycles. The highest BCUT2D eigenvalue weighted by Gasteiger charge is 2.19. The molecule has 1 aliphatic heterocycles. The molecule has 0 spiro atoms. The molecule has 0 saturated carbocycles. The second-order valence-electron chi connectivity index (χ2n) is 2.33. The summed E-state index contributed by atoms with van der Waals surface area (Å²) in [5, 5.41) is 2.57. The summed E-state index contributed by atoms with van der Waals surface area (Å²) in [5.41, 5.74) is 0.369. The highest BCUT2D eigenvalue weighted by Crippen LogP contribution is 2.08. The van der Waals surface area contributed by atoms with Crippen molar-refractivity contribution in [2.45, 2.75) is 6.42 Å². The molecule has 1 N–H and O–H groups in total. The van der Waals surface area contributed by atoms with Crippen molar-refractivity contribution >= 4 is 6.03 Å². The number of fused-ring (bicyclic) bond motifs is 1. The number of imidazole rings is 1. The Bertz CT molecular complexity index is 307. The Morgan fingerprint density at radius 2 is 2.55 bits per heavy atom. The van der Waals surface area contributed by atoms with Crippen LogP contribution in [0.5, 0.6) is 0 Å². The monoisotopic (exact) mass is 155 g/mol. The highest BCUT2D eigenvalue weighted by molar-refractivity contribution is 5.78. The van der Waals surface area contributed by atoms with Crippen LogP contribution >= 0.6 is 0 Å². The van der Waals surface area contributed by atoms with Gasteiger partial charge in [0.05, 0.1) is 5.69 Å². The van der Waals surface area contributed by atoms with Crippen LogP contribution in [0.3, 0.4) is 0 Å². The van der Waals surface area contributed by atoms with Crippen LogP contribution in [0, 0.1) is 5.95 Å². The standard InChI is InChI=1S/C6H6FN3O/c7-5-4-1-2-8-6(11)10(4)3-9-5/h3H,1-2H2,(H,8,11). The number of carbonyl (C=O) groups excluding carboxylic acids is 1. The summed E-state index contributed by atoms with van der Waals surface area (Å²) in [6.07, 6.45) is 1.71. The second-order valence-corrected chi connectivity index (χ2v) is 2.33. The number of nitrogens with zero attached hydrogens (tertiary/aromatic N) is 2. The maximum absolute atomic E-state index is 12.7. The minimum absolute atomic E-state index is 0.303. The number of halogens is 1. The van der Waals surface area contributed by atoms with Crippen LogP contribution in [0.25, 0.3) is 0 Å². The van der Waals surface area contributed by atoms with Gasteiger partial charge in [0.15, 0.2) is 0 Å². The molecule has 0 unspecified atom stereocenters. The maximum atomic E-state index is 12.7. The zero-order valence-electron chi connectivity index (χ0n) is 5.67. The van der Waals surface area contributed by atoms with Crippen LogP contribution in [-0.2, 0) is 6.42 Å². The lowest BCUT2D eigenvalue weighted by molar-refractivity contribution is 0.239. The molecule has 1 aromatic rings. The summed E-state index contributed by atoms with van der Waals surface area (Å²) in [4.78, 5) is 14.3. The molecule has 4 nitrogen and oxygen atoms in total. The third-order valence-corrected chi connectivity index (χ3v) is 1.67. The van der Waals surface area contributed by atoms with Crippen LogP contribution in [-0.4, -0.2) is 22.1 Å². The van der Waals surface area contributed by atoms with Crippen molar-refractivity contribution in [2.24, 2.45) is 0 Å². The van der Waals surface area contributed by atoms with Crippen molar-refractivity contribution < 1.29 is 9.18 Å². The second kappa shape index (κ2) is 2.05. The van der Waals surface area contributed by atoms with E-state index in [0.717, 1.165) is 0 Å². The van der Waals surface area contributed by atoms with E-state index in [2.05, 4.69) is 10.3 Å².